The molecule has 0 unspecified atom stereocenters. The van der Waals surface area contributed by atoms with Crippen LogP contribution in [0.5, 0.6) is 0 Å². The second kappa shape index (κ2) is 7.93. The third-order valence-electron chi connectivity index (χ3n) is 5.11. The number of hydrogen-bond acceptors (Lipinski definition) is 6. The first-order valence-electron chi connectivity index (χ1n) is 9.58. The third kappa shape index (κ3) is 3.82. The molecule has 1 aromatic carbocycles. The number of rotatable bonds is 5. The number of nitrogens with zero attached hydrogens (tertiary/aromatic N) is 5. The molecule has 0 bridgehead atoms. The molecule has 8 nitrogen and oxygen atoms in total. The SMILES string of the molecule is CN(C)c1cc(CNC(=O)c2cn(C3CCNCC3)nn2)c2ccccc2n1. The average Bonchev–Trinajstić information content (AvgIpc) is 3.22. The van der Waals surface area contributed by atoms with Crippen molar-refractivity contribution in [1.82, 2.24) is 30.6 Å². The Balaban J connectivity index is 1.50. The number of carbonyl (C=O) groups is 1. The van der Waals surface area contributed by atoms with Crippen molar-refractivity contribution < 1.29 is 4.79 Å². The predicted octanol–water partition coefficient (Wildman–Crippen LogP) is 1.75. The second-order valence-electron chi connectivity index (χ2n) is 7.30. The Morgan fingerprint density at radius 1 is 1.29 bits per heavy atom. The highest BCUT2D eigenvalue weighted by Crippen LogP contribution is 2.22. The third-order valence-corrected chi connectivity index (χ3v) is 5.11. The summed E-state index contributed by atoms with van der Waals surface area (Å²) in [6.07, 6.45) is 3.75. The topological polar surface area (TPSA) is 88.0 Å². The molecule has 0 saturated carbocycles. The molecule has 0 spiro atoms. The normalized spacial score (nSPS) is 14.9. The molecule has 0 radical (unpaired) electrons. The van der Waals surface area contributed by atoms with Gasteiger partial charge in [0.1, 0.15) is 5.82 Å². The van der Waals surface area contributed by atoms with Crippen LogP contribution in [0, 0.1) is 0 Å². The highest BCUT2D eigenvalue weighted by Gasteiger charge is 2.19. The van der Waals surface area contributed by atoms with Crippen LogP contribution in [0.4, 0.5) is 5.82 Å². The number of nitrogens with one attached hydrogen (secondary N) is 2. The van der Waals surface area contributed by atoms with E-state index in [0.717, 1.165) is 48.2 Å². The molecule has 1 fully saturated rings. The molecule has 1 aliphatic heterocycles. The highest BCUT2D eigenvalue weighted by atomic mass is 16.2. The van der Waals surface area contributed by atoms with E-state index in [4.69, 9.17) is 0 Å². The van der Waals surface area contributed by atoms with Crippen molar-refractivity contribution in [3.05, 3.63) is 47.8 Å². The average molecular weight is 379 g/mol. The van der Waals surface area contributed by atoms with Crippen molar-refractivity contribution in [2.45, 2.75) is 25.4 Å². The van der Waals surface area contributed by atoms with Crippen LogP contribution in [0.1, 0.15) is 34.9 Å². The lowest BCUT2D eigenvalue weighted by atomic mass is 10.1. The van der Waals surface area contributed by atoms with Crippen LogP contribution >= 0.6 is 0 Å². The zero-order valence-corrected chi connectivity index (χ0v) is 16.2. The Bertz CT molecular complexity index is 976. The van der Waals surface area contributed by atoms with Gasteiger partial charge >= 0.3 is 0 Å². The van der Waals surface area contributed by atoms with Crippen molar-refractivity contribution in [3.63, 3.8) is 0 Å². The molecule has 0 aliphatic carbocycles. The van der Waals surface area contributed by atoms with Crippen molar-refractivity contribution in [2.75, 3.05) is 32.1 Å². The molecule has 1 amide bonds. The van der Waals surface area contributed by atoms with Crippen LogP contribution in [0.15, 0.2) is 36.5 Å². The first kappa shape index (κ1) is 18.4. The van der Waals surface area contributed by atoms with E-state index in [1.165, 1.54) is 0 Å². The number of para-hydroxylation sites is 1. The van der Waals surface area contributed by atoms with Crippen LogP contribution in [-0.2, 0) is 6.54 Å². The highest BCUT2D eigenvalue weighted by molar-refractivity contribution is 5.92. The fourth-order valence-electron chi connectivity index (χ4n) is 3.50. The van der Waals surface area contributed by atoms with Gasteiger partial charge in [0.25, 0.3) is 5.91 Å². The number of piperidine rings is 1. The molecular weight excluding hydrogens is 354 g/mol. The van der Waals surface area contributed by atoms with Gasteiger partial charge in [0.2, 0.25) is 0 Å². The van der Waals surface area contributed by atoms with Gasteiger partial charge in [0.15, 0.2) is 5.69 Å². The summed E-state index contributed by atoms with van der Waals surface area (Å²) >= 11 is 0. The molecule has 0 atom stereocenters. The molecule has 28 heavy (non-hydrogen) atoms. The largest absolute Gasteiger partial charge is 0.363 e. The monoisotopic (exact) mass is 379 g/mol. The Kier molecular flexibility index (Phi) is 5.21. The molecule has 2 aromatic heterocycles. The van der Waals surface area contributed by atoms with Crippen molar-refractivity contribution in [1.29, 1.82) is 0 Å². The van der Waals surface area contributed by atoms with Gasteiger partial charge in [-0.3, -0.25) is 4.79 Å². The van der Waals surface area contributed by atoms with Gasteiger partial charge in [-0.05, 0) is 43.6 Å². The van der Waals surface area contributed by atoms with Crippen LogP contribution in [0.25, 0.3) is 10.9 Å². The number of anilines is 1. The Morgan fingerprint density at radius 3 is 2.86 bits per heavy atom. The van der Waals surface area contributed by atoms with E-state index in [2.05, 4.69) is 25.9 Å². The number of pyridine rings is 1. The van der Waals surface area contributed by atoms with Gasteiger partial charge in [0.05, 0.1) is 17.8 Å². The fourth-order valence-corrected chi connectivity index (χ4v) is 3.50. The smallest absolute Gasteiger partial charge is 0.273 e. The van der Waals surface area contributed by atoms with Crippen LogP contribution in [-0.4, -0.2) is 53.1 Å². The lowest BCUT2D eigenvalue weighted by molar-refractivity contribution is 0.0946. The maximum Gasteiger partial charge on any atom is 0.273 e. The minimum Gasteiger partial charge on any atom is -0.363 e. The van der Waals surface area contributed by atoms with Crippen molar-refractivity contribution in [3.8, 4) is 0 Å². The van der Waals surface area contributed by atoms with Crippen molar-refractivity contribution in [2.24, 2.45) is 0 Å². The number of carbonyl (C=O) groups excluding carboxylic acids is 1. The van der Waals surface area contributed by atoms with Gasteiger partial charge in [-0.25, -0.2) is 9.67 Å². The predicted molar refractivity (Wildman–Crippen MR) is 108 cm³/mol. The standard InChI is InChI=1S/C20H25N7O/c1-26(2)19-11-14(16-5-3-4-6-17(16)23-19)12-22-20(28)18-13-27(25-24-18)15-7-9-21-10-8-15/h3-6,11,13,15,21H,7-10,12H2,1-2H3,(H,22,28). The van der Waals surface area contributed by atoms with Crippen LogP contribution in [0.3, 0.4) is 0 Å². The second-order valence-corrected chi connectivity index (χ2v) is 7.30. The first-order chi connectivity index (χ1) is 13.6. The summed E-state index contributed by atoms with van der Waals surface area (Å²) in [7, 11) is 3.91. The minimum absolute atomic E-state index is 0.215. The maximum atomic E-state index is 12.6. The van der Waals surface area contributed by atoms with E-state index in [0.29, 0.717) is 18.3 Å². The number of benzene rings is 1. The van der Waals surface area contributed by atoms with Gasteiger partial charge in [0, 0.05) is 26.0 Å². The summed E-state index contributed by atoms with van der Waals surface area (Å²) in [5.74, 6) is 0.646. The Hall–Kier alpha value is -3.00. The van der Waals surface area contributed by atoms with E-state index in [1.807, 2.05) is 54.0 Å². The molecule has 3 aromatic rings. The lowest BCUT2D eigenvalue weighted by Crippen LogP contribution is -2.29. The lowest BCUT2D eigenvalue weighted by Gasteiger charge is -2.22. The Labute approximate surface area is 163 Å². The number of amides is 1. The molecule has 1 saturated heterocycles. The molecule has 8 heteroatoms. The van der Waals surface area contributed by atoms with Crippen LogP contribution in [0.2, 0.25) is 0 Å². The minimum atomic E-state index is -0.215. The van der Waals surface area contributed by atoms with Gasteiger partial charge in [-0.1, -0.05) is 23.4 Å². The van der Waals surface area contributed by atoms with Crippen LogP contribution < -0.4 is 15.5 Å². The van der Waals surface area contributed by atoms with Gasteiger partial charge in [-0.2, -0.15) is 0 Å². The molecule has 146 valence electrons. The molecule has 1 aliphatic rings. The zero-order valence-electron chi connectivity index (χ0n) is 16.2. The molecule has 3 heterocycles. The summed E-state index contributed by atoms with van der Waals surface area (Å²) in [5, 5.41) is 15.6. The first-order valence-corrected chi connectivity index (χ1v) is 9.58. The van der Waals surface area contributed by atoms with E-state index in [9.17, 15) is 4.79 Å². The Morgan fingerprint density at radius 2 is 2.07 bits per heavy atom. The summed E-state index contributed by atoms with van der Waals surface area (Å²) in [4.78, 5) is 19.2. The zero-order chi connectivity index (χ0) is 19.5. The van der Waals surface area contributed by atoms with E-state index < -0.39 is 0 Å². The molecule has 4 rings (SSSR count). The molecular formula is C20H25N7O. The summed E-state index contributed by atoms with van der Waals surface area (Å²) in [6.45, 7) is 2.34. The number of fused-ring (bicyclic) bond motifs is 1. The summed E-state index contributed by atoms with van der Waals surface area (Å²) < 4.78 is 1.82. The van der Waals surface area contributed by atoms with Gasteiger partial charge < -0.3 is 15.5 Å². The summed E-state index contributed by atoms with van der Waals surface area (Å²) in [6, 6.07) is 10.3. The quantitative estimate of drug-likeness (QED) is 0.702. The molecule has 2 N–H and O–H groups in total. The summed E-state index contributed by atoms with van der Waals surface area (Å²) in [5.41, 5.74) is 2.29. The van der Waals surface area contributed by atoms with E-state index in [-0.39, 0.29) is 5.91 Å². The van der Waals surface area contributed by atoms with Gasteiger partial charge in [-0.15, -0.1) is 5.10 Å². The van der Waals surface area contributed by atoms with E-state index in [1.54, 1.807) is 6.20 Å². The van der Waals surface area contributed by atoms with Crippen molar-refractivity contribution >= 4 is 22.6 Å². The number of aromatic nitrogens is 4. The van der Waals surface area contributed by atoms with E-state index >= 15 is 0 Å². The maximum absolute atomic E-state index is 12.6. The fraction of sp³-hybridized carbons (Fsp3) is 0.400. The number of hydrogen-bond donors (Lipinski definition) is 2.